The molecule has 1 amide bonds. The number of benzene rings is 1. The molecule has 0 saturated carbocycles. The fraction of sp³-hybridized carbons (Fsp3) is 0.444. The summed E-state index contributed by atoms with van der Waals surface area (Å²) in [6.07, 6.45) is 2.32. The molecule has 2 aromatic rings. The van der Waals surface area contributed by atoms with Gasteiger partial charge in [-0.2, -0.15) is 0 Å². The first-order valence-corrected chi connectivity index (χ1v) is 8.76. The van der Waals surface area contributed by atoms with Crippen molar-refractivity contribution >= 4 is 17.2 Å². The number of piperidine rings is 1. The second-order valence-corrected chi connectivity index (χ2v) is 7.22. The average Bonchev–Trinajstić information content (AvgIpc) is 2.96. The molecular weight excluding hydrogens is 292 g/mol. The normalized spacial score (nSPS) is 21.9. The summed E-state index contributed by atoms with van der Waals surface area (Å²) < 4.78 is 0. The average molecular weight is 314 g/mol. The van der Waals surface area contributed by atoms with Gasteiger partial charge in [0, 0.05) is 34.8 Å². The van der Waals surface area contributed by atoms with E-state index >= 15 is 0 Å². The van der Waals surface area contributed by atoms with Crippen molar-refractivity contribution in [3.63, 3.8) is 0 Å². The number of hydrogen-bond donors (Lipinski definition) is 0. The van der Waals surface area contributed by atoms with Crippen LogP contribution in [0.4, 0.5) is 0 Å². The maximum absolute atomic E-state index is 12.7. The fourth-order valence-corrected chi connectivity index (χ4v) is 3.78. The summed E-state index contributed by atoms with van der Waals surface area (Å²) in [7, 11) is 0. The van der Waals surface area contributed by atoms with E-state index in [-0.39, 0.29) is 5.91 Å². The van der Waals surface area contributed by atoms with Crippen LogP contribution in [0.25, 0.3) is 10.6 Å². The Morgan fingerprint density at radius 2 is 1.95 bits per heavy atom. The van der Waals surface area contributed by atoms with E-state index in [1.165, 1.54) is 6.42 Å². The molecule has 0 bridgehead atoms. The first kappa shape index (κ1) is 15.2. The molecule has 3 rings (SSSR count). The van der Waals surface area contributed by atoms with Crippen molar-refractivity contribution in [1.29, 1.82) is 0 Å². The molecule has 0 aliphatic carbocycles. The largest absolute Gasteiger partial charge is 0.336 e. The van der Waals surface area contributed by atoms with E-state index in [0.717, 1.165) is 34.8 Å². The molecular formula is C18H22N2OS. The fourth-order valence-electron chi connectivity index (χ4n) is 2.98. The minimum atomic E-state index is 0.154. The van der Waals surface area contributed by atoms with Crippen LogP contribution in [0.15, 0.2) is 29.6 Å². The molecule has 0 radical (unpaired) electrons. The van der Waals surface area contributed by atoms with Gasteiger partial charge in [0.2, 0.25) is 0 Å². The molecule has 3 nitrogen and oxygen atoms in total. The van der Waals surface area contributed by atoms with Gasteiger partial charge >= 0.3 is 0 Å². The summed E-state index contributed by atoms with van der Waals surface area (Å²) in [5.74, 6) is 0.749. The molecule has 4 heteroatoms. The Balaban J connectivity index is 1.78. The van der Waals surface area contributed by atoms with E-state index in [0.29, 0.717) is 12.0 Å². The second kappa shape index (κ2) is 6.21. The Bertz CT molecular complexity index is 662. The highest BCUT2D eigenvalue weighted by molar-refractivity contribution is 7.13. The van der Waals surface area contributed by atoms with E-state index < -0.39 is 0 Å². The van der Waals surface area contributed by atoms with Gasteiger partial charge in [0.15, 0.2) is 0 Å². The lowest BCUT2D eigenvalue weighted by Gasteiger charge is -2.36. The van der Waals surface area contributed by atoms with Crippen molar-refractivity contribution in [2.24, 2.45) is 5.92 Å². The minimum Gasteiger partial charge on any atom is -0.336 e. The Morgan fingerprint density at radius 1 is 1.23 bits per heavy atom. The van der Waals surface area contributed by atoms with Crippen LogP contribution in [0.3, 0.4) is 0 Å². The van der Waals surface area contributed by atoms with Crippen LogP contribution in [0.2, 0.25) is 0 Å². The van der Waals surface area contributed by atoms with Crippen LogP contribution in [0, 0.1) is 12.8 Å². The van der Waals surface area contributed by atoms with Crippen molar-refractivity contribution in [2.75, 3.05) is 6.54 Å². The number of carbonyl (C=O) groups excluding carboxylic acids is 1. The SMILES string of the molecule is Cc1csc(-c2ccc(C(=O)N3C[C@@H](C)CC[C@H]3C)cc2)n1. The summed E-state index contributed by atoms with van der Waals surface area (Å²) >= 11 is 1.64. The van der Waals surface area contributed by atoms with Crippen molar-refractivity contribution in [2.45, 2.75) is 39.7 Å². The predicted octanol–water partition coefficient (Wildman–Crippen LogP) is 4.38. The van der Waals surface area contributed by atoms with Gasteiger partial charge in [0.1, 0.15) is 5.01 Å². The van der Waals surface area contributed by atoms with Crippen LogP contribution in [0.1, 0.15) is 42.7 Å². The quantitative estimate of drug-likeness (QED) is 0.824. The predicted molar refractivity (Wildman–Crippen MR) is 91.2 cm³/mol. The molecule has 22 heavy (non-hydrogen) atoms. The lowest BCUT2D eigenvalue weighted by molar-refractivity contribution is 0.0574. The highest BCUT2D eigenvalue weighted by atomic mass is 32.1. The first-order chi connectivity index (χ1) is 10.5. The molecule has 116 valence electrons. The summed E-state index contributed by atoms with van der Waals surface area (Å²) in [6.45, 7) is 7.24. The number of likely N-dealkylation sites (tertiary alicyclic amines) is 1. The standard InChI is InChI=1S/C18H22N2OS/c1-12-4-5-14(3)20(10-12)18(21)16-8-6-15(7-9-16)17-19-13(2)11-22-17/h6-9,11-12,14H,4-5,10H2,1-3H3/t12-,14+/m0/s1. The molecule has 1 aromatic carbocycles. The maximum Gasteiger partial charge on any atom is 0.254 e. The molecule has 0 unspecified atom stereocenters. The molecule has 1 saturated heterocycles. The number of hydrogen-bond acceptors (Lipinski definition) is 3. The molecule has 0 spiro atoms. The summed E-state index contributed by atoms with van der Waals surface area (Å²) in [5.41, 5.74) is 2.89. The van der Waals surface area contributed by atoms with E-state index in [1.54, 1.807) is 11.3 Å². The zero-order valence-corrected chi connectivity index (χ0v) is 14.2. The highest BCUT2D eigenvalue weighted by Crippen LogP contribution is 2.26. The van der Waals surface area contributed by atoms with E-state index in [1.807, 2.05) is 41.5 Å². The topological polar surface area (TPSA) is 33.2 Å². The van der Waals surface area contributed by atoms with Crippen LogP contribution in [-0.2, 0) is 0 Å². The number of carbonyl (C=O) groups is 1. The number of rotatable bonds is 2. The van der Waals surface area contributed by atoms with E-state index in [9.17, 15) is 4.79 Å². The van der Waals surface area contributed by atoms with Gasteiger partial charge in [-0.15, -0.1) is 11.3 Å². The van der Waals surface area contributed by atoms with Gasteiger partial charge in [0.25, 0.3) is 5.91 Å². The van der Waals surface area contributed by atoms with Crippen LogP contribution < -0.4 is 0 Å². The van der Waals surface area contributed by atoms with Gasteiger partial charge in [-0.05, 0) is 44.7 Å². The third kappa shape index (κ3) is 3.07. The van der Waals surface area contributed by atoms with Crippen molar-refractivity contribution in [3.8, 4) is 10.6 Å². The van der Waals surface area contributed by atoms with Crippen molar-refractivity contribution in [1.82, 2.24) is 9.88 Å². The Kier molecular flexibility index (Phi) is 4.30. The molecule has 0 N–H and O–H groups in total. The van der Waals surface area contributed by atoms with Gasteiger partial charge in [-0.25, -0.2) is 4.98 Å². The Labute approximate surface area is 136 Å². The van der Waals surface area contributed by atoms with Gasteiger partial charge in [0.05, 0.1) is 0 Å². The third-order valence-electron chi connectivity index (χ3n) is 4.38. The Hall–Kier alpha value is -1.68. The van der Waals surface area contributed by atoms with Crippen LogP contribution in [0.5, 0.6) is 0 Å². The summed E-state index contributed by atoms with van der Waals surface area (Å²) in [6, 6.07) is 8.21. The lowest BCUT2D eigenvalue weighted by atomic mass is 9.94. The van der Waals surface area contributed by atoms with Crippen LogP contribution in [-0.4, -0.2) is 28.4 Å². The van der Waals surface area contributed by atoms with Crippen molar-refractivity contribution < 1.29 is 4.79 Å². The Morgan fingerprint density at radius 3 is 2.59 bits per heavy atom. The molecule has 1 fully saturated rings. The van der Waals surface area contributed by atoms with Crippen molar-refractivity contribution in [3.05, 3.63) is 40.9 Å². The first-order valence-electron chi connectivity index (χ1n) is 7.88. The molecule has 1 aliphatic heterocycles. The van der Waals surface area contributed by atoms with Gasteiger partial charge in [-0.1, -0.05) is 19.1 Å². The second-order valence-electron chi connectivity index (χ2n) is 6.36. The molecule has 2 heterocycles. The number of amides is 1. The zero-order valence-electron chi connectivity index (χ0n) is 13.4. The van der Waals surface area contributed by atoms with E-state index in [2.05, 4.69) is 18.8 Å². The molecule has 2 atom stereocenters. The molecule has 1 aliphatic rings. The highest BCUT2D eigenvalue weighted by Gasteiger charge is 2.27. The van der Waals surface area contributed by atoms with Crippen LogP contribution >= 0.6 is 11.3 Å². The maximum atomic E-state index is 12.7. The summed E-state index contributed by atoms with van der Waals surface area (Å²) in [5, 5.41) is 3.06. The monoisotopic (exact) mass is 314 g/mol. The number of thiazole rings is 1. The minimum absolute atomic E-state index is 0.154. The number of aryl methyl sites for hydroxylation is 1. The van der Waals surface area contributed by atoms with Gasteiger partial charge in [-0.3, -0.25) is 4.79 Å². The molecule has 1 aromatic heterocycles. The van der Waals surface area contributed by atoms with E-state index in [4.69, 9.17) is 0 Å². The van der Waals surface area contributed by atoms with Gasteiger partial charge < -0.3 is 4.90 Å². The lowest BCUT2D eigenvalue weighted by Crippen LogP contribution is -2.44. The number of nitrogens with zero attached hydrogens (tertiary/aromatic N) is 2. The third-order valence-corrected chi connectivity index (χ3v) is 5.39. The smallest absolute Gasteiger partial charge is 0.254 e. The summed E-state index contributed by atoms with van der Waals surface area (Å²) in [4.78, 5) is 19.2. The zero-order chi connectivity index (χ0) is 15.7. The number of aromatic nitrogens is 1.